The Morgan fingerprint density at radius 1 is 0.658 bits per heavy atom. The molecular weight excluding hydrogens is 523 g/mol. The molecule has 0 heterocycles. The van der Waals surface area contributed by atoms with Crippen LogP contribution in [0.4, 0.5) is 26.3 Å². The monoisotopic (exact) mass is 545 g/mol. The highest BCUT2D eigenvalue weighted by Gasteiger charge is 2.37. The smallest absolute Gasteiger partial charge is 0.345 e. The minimum absolute atomic E-state index is 0.00945. The van der Waals surface area contributed by atoms with E-state index in [0.717, 1.165) is 10.6 Å². The highest BCUT2D eigenvalue weighted by atomic mass is 31.1. The van der Waals surface area contributed by atoms with Crippen LogP contribution in [0.25, 0.3) is 0 Å². The lowest BCUT2D eigenvalue weighted by atomic mass is 10.0. The first-order valence-electron chi connectivity index (χ1n) is 11.6. The van der Waals surface area contributed by atoms with Crippen molar-refractivity contribution in [2.24, 2.45) is 0 Å². The molecule has 0 unspecified atom stereocenters. The zero-order valence-corrected chi connectivity index (χ0v) is 20.7. The number of hydrogen-bond acceptors (Lipinski definition) is 1. The Bertz CT molecular complexity index is 1290. The van der Waals surface area contributed by atoms with Gasteiger partial charge in [-0.15, -0.1) is 0 Å². The average Bonchev–Trinajstić information content (AvgIpc) is 2.91. The van der Waals surface area contributed by atoms with E-state index in [1.54, 1.807) is 30.3 Å². The van der Waals surface area contributed by atoms with E-state index in [1.165, 1.54) is 0 Å². The summed E-state index contributed by atoms with van der Waals surface area (Å²) >= 11 is 0. The number of rotatable bonds is 7. The second kappa shape index (κ2) is 11.4. The zero-order chi connectivity index (χ0) is 27.3. The normalized spacial score (nSPS) is 12.8. The molecular formula is C29H22F6NOP. The highest BCUT2D eigenvalue weighted by molar-refractivity contribution is 7.73. The van der Waals surface area contributed by atoms with Crippen molar-refractivity contribution in [3.8, 4) is 0 Å². The molecule has 196 valence electrons. The van der Waals surface area contributed by atoms with Crippen LogP contribution < -0.4 is 15.9 Å². The van der Waals surface area contributed by atoms with E-state index in [2.05, 4.69) is 5.32 Å². The molecule has 1 amide bonds. The van der Waals surface area contributed by atoms with E-state index in [1.807, 2.05) is 60.7 Å². The van der Waals surface area contributed by atoms with Crippen LogP contribution in [0.5, 0.6) is 0 Å². The summed E-state index contributed by atoms with van der Waals surface area (Å²) in [7, 11) is -1.04. The number of carbonyl (C=O) groups excluding carboxylic acids is 1. The SMILES string of the molecule is O=C(N[C@H](CP(c1ccccc1)c1ccccc1)c1ccccc1)c1cc(C(F)(F)F)cc(C(F)(F)F)c1. The molecule has 38 heavy (non-hydrogen) atoms. The fraction of sp³-hybridized carbons (Fsp3) is 0.138. The van der Waals surface area contributed by atoms with Crippen molar-refractivity contribution in [1.82, 2.24) is 5.32 Å². The number of hydrogen-bond donors (Lipinski definition) is 1. The standard InChI is InChI=1S/C29H22F6NOP/c30-28(31,32)22-16-21(17-23(18-22)29(33,34)35)27(37)36-26(20-10-4-1-5-11-20)19-38(24-12-6-2-7-13-24)25-14-8-3-9-15-25/h1-18,26H,19H2,(H,36,37)/t26-/m1/s1. The molecule has 9 heteroatoms. The summed E-state index contributed by atoms with van der Waals surface area (Å²) in [6.07, 6.45) is -9.72. The van der Waals surface area contributed by atoms with Gasteiger partial charge in [-0.05, 0) is 42.3 Å². The van der Waals surface area contributed by atoms with Gasteiger partial charge >= 0.3 is 12.4 Å². The number of amides is 1. The molecule has 0 spiro atoms. The first-order chi connectivity index (χ1) is 18.0. The Morgan fingerprint density at radius 3 is 1.50 bits per heavy atom. The fourth-order valence-electron chi connectivity index (χ4n) is 4.01. The van der Waals surface area contributed by atoms with Gasteiger partial charge in [0.05, 0.1) is 17.2 Å². The van der Waals surface area contributed by atoms with Crippen molar-refractivity contribution in [1.29, 1.82) is 0 Å². The molecule has 0 saturated heterocycles. The van der Waals surface area contributed by atoms with Gasteiger partial charge in [-0.3, -0.25) is 4.79 Å². The molecule has 4 aromatic rings. The van der Waals surface area contributed by atoms with Crippen LogP contribution in [-0.4, -0.2) is 12.1 Å². The largest absolute Gasteiger partial charge is 0.416 e. The van der Waals surface area contributed by atoms with Gasteiger partial charge in [-0.1, -0.05) is 91.0 Å². The lowest BCUT2D eigenvalue weighted by Crippen LogP contribution is -2.32. The van der Waals surface area contributed by atoms with E-state index in [4.69, 9.17) is 0 Å². The summed E-state index contributed by atoms with van der Waals surface area (Å²) in [6.45, 7) is 0. The lowest BCUT2D eigenvalue weighted by molar-refractivity contribution is -0.143. The predicted octanol–water partition coefficient (Wildman–Crippen LogP) is 7.33. The van der Waals surface area contributed by atoms with Crippen LogP contribution in [0.3, 0.4) is 0 Å². The molecule has 0 fully saturated rings. The Morgan fingerprint density at radius 2 is 1.08 bits per heavy atom. The number of halogens is 6. The maximum Gasteiger partial charge on any atom is 0.416 e. The molecule has 0 saturated carbocycles. The second-order valence-corrected chi connectivity index (χ2v) is 10.8. The summed E-state index contributed by atoms with van der Waals surface area (Å²) in [4.78, 5) is 13.2. The lowest BCUT2D eigenvalue weighted by Gasteiger charge is -2.26. The van der Waals surface area contributed by atoms with E-state index < -0.39 is 48.9 Å². The maximum atomic E-state index is 13.4. The first-order valence-corrected chi connectivity index (χ1v) is 13.1. The topological polar surface area (TPSA) is 29.1 Å². The molecule has 1 atom stereocenters. The molecule has 0 aromatic heterocycles. The molecule has 0 aliphatic heterocycles. The van der Waals surface area contributed by atoms with Gasteiger partial charge in [0.25, 0.3) is 5.91 Å². The van der Waals surface area contributed by atoms with Crippen molar-refractivity contribution >= 4 is 24.4 Å². The fourth-order valence-corrected chi connectivity index (χ4v) is 6.46. The van der Waals surface area contributed by atoms with Crippen LogP contribution in [0.1, 0.15) is 33.1 Å². The predicted molar refractivity (Wildman–Crippen MR) is 137 cm³/mol. The third-order valence-corrected chi connectivity index (χ3v) is 8.43. The Labute approximate surface area is 217 Å². The first kappa shape index (κ1) is 27.4. The van der Waals surface area contributed by atoms with Crippen LogP contribution in [0.2, 0.25) is 0 Å². The minimum Gasteiger partial charge on any atom is -0.345 e. The molecule has 0 aliphatic carbocycles. The van der Waals surface area contributed by atoms with E-state index in [-0.39, 0.29) is 6.07 Å². The van der Waals surface area contributed by atoms with E-state index in [0.29, 0.717) is 23.9 Å². The van der Waals surface area contributed by atoms with Gasteiger partial charge < -0.3 is 5.32 Å². The summed E-state index contributed by atoms with van der Waals surface area (Å²) in [5.41, 5.74) is -3.10. The summed E-state index contributed by atoms with van der Waals surface area (Å²) in [5, 5.41) is 4.75. The van der Waals surface area contributed by atoms with Crippen LogP contribution in [-0.2, 0) is 12.4 Å². The highest BCUT2D eigenvalue weighted by Crippen LogP contribution is 2.39. The summed E-state index contributed by atoms with van der Waals surface area (Å²) in [6, 6.07) is 28.2. The summed E-state index contributed by atoms with van der Waals surface area (Å²) < 4.78 is 80.3. The van der Waals surface area contributed by atoms with Crippen molar-refractivity contribution < 1.29 is 31.1 Å². The number of benzene rings is 4. The number of carbonyl (C=O) groups is 1. The van der Waals surface area contributed by atoms with Crippen molar-refractivity contribution in [2.75, 3.05) is 6.16 Å². The van der Waals surface area contributed by atoms with Gasteiger partial charge in [0.1, 0.15) is 0 Å². The Balaban J connectivity index is 1.73. The molecule has 4 aromatic carbocycles. The minimum atomic E-state index is -5.05. The molecule has 0 bridgehead atoms. The Hall–Kier alpha value is -3.64. The Kier molecular flexibility index (Phi) is 8.22. The second-order valence-electron chi connectivity index (χ2n) is 8.51. The van der Waals surface area contributed by atoms with Crippen molar-refractivity contribution in [2.45, 2.75) is 18.4 Å². The number of alkyl halides is 6. The van der Waals surface area contributed by atoms with Gasteiger partial charge in [-0.25, -0.2) is 0 Å². The van der Waals surface area contributed by atoms with E-state index in [9.17, 15) is 31.1 Å². The van der Waals surface area contributed by atoms with Gasteiger partial charge in [0.15, 0.2) is 0 Å². The van der Waals surface area contributed by atoms with Crippen molar-refractivity contribution in [3.05, 3.63) is 131 Å². The third kappa shape index (κ3) is 6.81. The van der Waals surface area contributed by atoms with Crippen LogP contribution in [0, 0.1) is 0 Å². The van der Waals surface area contributed by atoms with Gasteiger partial charge in [-0.2, -0.15) is 26.3 Å². The summed E-state index contributed by atoms with van der Waals surface area (Å²) in [5.74, 6) is -1.02. The molecule has 0 radical (unpaired) electrons. The number of nitrogens with one attached hydrogen (secondary N) is 1. The maximum absolute atomic E-state index is 13.4. The third-order valence-electron chi connectivity index (χ3n) is 5.86. The average molecular weight is 545 g/mol. The molecule has 4 rings (SSSR count). The molecule has 0 aliphatic rings. The molecule has 2 nitrogen and oxygen atoms in total. The molecule has 1 N–H and O–H groups in total. The van der Waals surface area contributed by atoms with Crippen LogP contribution in [0.15, 0.2) is 109 Å². The van der Waals surface area contributed by atoms with E-state index >= 15 is 0 Å². The zero-order valence-electron chi connectivity index (χ0n) is 19.8. The van der Waals surface area contributed by atoms with Crippen LogP contribution >= 0.6 is 7.92 Å². The van der Waals surface area contributed by atoms with Crippen molar-refractivity contribution in [3.63, 3.8) is 0 Å². The van der Waals surface area contributed by atoms with Gasteiger partial charge in [0.2, 0.25) is 0 Å². The van der Waals surface area contributed by atoms with Gasteiger partial charge in [0, 0.05) is 11.7 Å². The quantitative estimate of drug-likeness (QED) is 0.191.